The van der Waals surface area contributed by atoms with Gasteiger partial charge in [0.2, 0.25) is 0 Å². The van der Waals surface area contributed by atoms with Crippen molar-refractivity contribution in [2.45, 2.75) is 6.92 Å². The van der Waals surface area contributed by atoms with Crippen molar-refractivity contribution in [1.29, 1.82) is 0 Å². The Morgan fingerprint density at radius 3 is 2.51 bits per heavy atom. The summed E-state index contributed by atoms with van der Waals surface area (Å²) >= 11 is 7.07. The number of aromatic nitrogens is 2. The summed E-state index contributed by atoms with van der Waals surface area (Å²) in [6, 6.07) is 11.3. The van der Waals surface area contributed by atoms with Crippen molar-refractivity contribution in [1.82, 2.24) is 9.78 Å². The van der Waals surface area contributed by atoms with Crippen LogP contribution in [0.15, 0.2) is 52.6 Å². The minimum atomic E-state index is -0.689. The number of carbonyl (C=O) groups is 2. The molecule has 9 nitrogen and oxygen atoms in total. The van der Waals surface area contributed by atoms with E-state index in [1.807, 2.05) is 0 Å². The standard InChI is InChI=1S/C24H20ClN3O6S/c1-4-34-24(31)19-16-12-35-22(26-21(29)15-6-5-7-17(32-2)20(15)33-3)18(16)23(30)28(27-19)14-10-8-13(25)9-11-14/h5-12H,4H2,1-3H3,(H,26,29). The number of carbonyl (C=O) groups excluding carboxylic acids is 2. The fraction of sp³-hybridized carbons (Fsp3) is 0.167. The third-order valence-electron chi connectivity index (χ3n) is 5.07. The van der Waals surface area contributed by atoms with E-state index in [2.05, 4.69) is 10.4 Å². The fourth-order valence-electron chi connectivity index (χ4n) is 3.49. The van der Waals surface area contributed by atoms with Gasteiger partial charge in [-0.2, -0.15) is 9.78 Å². The maximum atomic E-state index is 13.5. The van der Waals surface area contributed by atoms with Gasteiger partial charge in [0.1, 0.15) is 5.00 Å². The molecular formula is C24H20ClN3O6S. The molecule has 0 aliphatic heterocycles. The zero-order valence-corrected chi connectivity index (χ0v) is 20.5. The lowest BCUT2D eigenvalue weighted by Crippen LogP contribution is -2.25. The van der Waals surface area contributed by atoms with Gasteiger partial charge in [-0.15, -0.1) is 11.3 Å². The molecule has 0 radical (unpaired) electrons. The highest BCUT2D eigenvalue weighted by atomic mass is 35.5. The Balaban J connectivity index is 1.87. The first-order valence-corrected chi connectivity index (χ1v) is 11.6. The largest absolute Gasteiger partial charge is 0.493 e. The van der Waals surface area contributed by atoms with E-state index in [0.29, 0.717) is 16.5 Å². The maximum Gasteiger partial charge on any atom is 0.359 e. The number of halogens is 1. The van der Waals surface area contributed by atoms with Gasteiger partial charge in [-0.25, -0.2) is 4.79 Å². The summed E-state index contributed by atoms with van der Waals surface area (Å²) in [5.41, 5.74) is 0.0347. The van der Waals surface area contributed by atoms with E-state index in [0.717, 1.165) is 16.0 Å². The van der Waals surface area contributed by atoms with Gasteiger partial charge >= 0.3 is 5.97 Å². The normalized spacial score (nSPS) is 10.7. The number of nitrogens with one attached hydrogen (secondary N) is 1. The van der Waals surface area contributed by atoms with Crippen LogP contribution >= 0.6 is 22.9 Å². The van der Waals surface area contributed by atoms with Crippen LogP contribution in [-0.4, -0.2) is 42.5 Å². The van der Waals surface area contributed by atoms with Crippen LogP contribution in [0.2, 0.25) is 5.02 Å². The third kappa shape index (κ3) is 4.58. The van der Waals surface area contributed by atoms with Gasteiger partial charge in [0.05, 0.1) is 37.5 Å². The number of hydrogen-bond acceptors (Lipinski definition) is 8. The van der Waals surface area contributed by atoms with Crippen molar-refractivity contribution < 1.29 is 23.8 Å². The highest BCUT2D eigenvalue weighted by Gasteiger charge is 2.24. The first-order chi connectivity index (χ1) is 16.9. The highest BCUT2D eigenvalue weighted by molar-refractivity contribution is 7.16. The maximum absolute atomic E-state index is 13.5. The lowest BCUT2D eigenvalue weighted by atomic mass is 10.1. The minimum Gasteiger partial charge on any atom is -0.493 e. The number of fused-ring (bicyclic) bond motifs is 1. The van der Waals surface area contributed by atoms with Gasteiger partial charge < -0.3 is 19.5 Å². The number of para-hydroxylation sites is 1. The van der Waals surface area contributed by atoms with Crippen LogP contribution in [0.1, 0.15) is 27.8 Å². The molecule has 180 valence electrons. The molecule has 2 aromatic carbocycles. The molecule has 0 spiro atoms. The molecule has 1 N–H and O–H groups in total. The summed E-state index contributed by atoms with van der Waals surface area (Å²) in [4.78, 5) is 39.3. The van der Waals surface area contributed by atoms with E-state index < -0.39 is 17.4 Å². The summed E-state index contributed by atoms with van der Waals surface area (Å²) in [5, 5.41) is 9.73. The third-order valence-corrected chi connectivity index (χ3v) is 6.21. The van der Waals surface area contributed by atoms with Crippen LogP contribution in [-0.2, 0) is 4.74 Å². The molecule has 2 aromatic heterocycles. The molecule has 0 saturated carbocycles. The van der Waals surface area contributed by atoms with Crippen LogP contribution in [0.25, 0.3) is 16.5 Å². The van der Waals surface area contributed by atoms with Gasteiger partial charge in [0.25, 0.3) is 11.5 Å². The first kappa shape index (κ1) is 24.2. The molecular weight excluding hydrogens is 494 g/mol. The molecule has 1 amide bonds. The second-order valence-electron chi connectivity index (χ2n) is 7.11. The number of nitrogens with zero attached hydrogens (tertiary/aromatic N) is 2. The molecule has 4 rings (SSSR count). The molecule has 0 saturated heterocycles. The Morgan fingerprint density at radius 2 is 1.86 bits per heavy atom. The molecule has 35 heavy (non-hydrogen) atoms. The number of esters is 1. The minimum absolute atomic E-state index is 0.0490. The van der Waals surface area contributed by atoms with Crippen molar-refractivity contribution in [3.63, 3.8) is 0 Å². The second kappa shape index (κ2) is 10.2. The Morgan fingerprint density at radius 1 is 1.11 bits per heavy atom. The Bertz CT molecular complexity index is 1480. The SMILES string of the molecule is CCOC(=O)c1nn(-c2ccc(Cl)cc2)c(=O)c2c(NC(=O)c3cccc(OC)c3OC)scc12. The van der Waals surface area contributed by atoms with Gasteiger partial charge in [-0.05, 0) is 43.3 Å². The zero-order valence-electron chi connectivity index (χ0n) is 19.0. The number of anilines is 1. The summed E-state index contributed by atoms with van der Waals surface area (Å²) in [6.07, 6.45) is 0. The fourth-order valence-corrected chi connectivity index (χ4v) is 4.54. The van der Waals surface area contributed by atoms with E-state index in [9.17, 15) is 14.4 Å². The Kier molecular flexibility index (Phi) is 7.04. The molecule has 0 bridgehead atoms. The summed E-state index contributed by atoms with van der Waals surface area (Å²) in [7, 11) is 2.90. The quantitative estimate of drug-likeness (QED) is 0.361. The smallest absolute Gasteiger partial charge is 0.359 e. The highest BCUT2D eigenvalue weighted by Crippen LogP contribution is 2.34. The second-order valence-corrected chi connectivity index (χ2v) is 8.43. The van der Waals surface area contributed by atoms with Crippen LogP contribution in [0.3, 0.4) is 0 Å². The van der Waals surface area contributed by atoms with Gasteiger partial charge in [0.15, 0.2) is 17.2 Å². The molecule has 2 heterocycles. The lowest BCUT2D eigenvalue weighted by molar-refractivity contribution is 0.0520. The van der Waals surface area contributed by atoms with Crippen molar-refractivity contribution in [3.05, 3.63) is 74.5 Å². The van der Waals surface area contributed by atoms with Gasteiger partial charge in [-0.3, -0.25) is 9.59 Å². The number of rotatable bonds is 7. The Labute approximate surface area is 208 Å². The van der Waals surface area contributed by atoms with E-state index in [1.165, 1.54) is 14.2 Å². The molecule has 11 heteroatoms. The molecule has 0 atom stereocenters. The van der Waals surface area contributed by atoms with E-state index in [4.69, 9.17) is 25.8 Å². The van der Waals surface area contributed by atoms with Crippen LogP contribution in [0.4, 0.5) is 5.00 Å². The Hall–Kier alpha value is -3.89. The molecule has 0 fully saturated rings. The van der Waals surface area contributed by atoms with Crippen molar-refractivity contribution in [3.8, 4) is 17.2 Å². The molecule has 4 aromatic rings. The number of ether oxygens (including phenoxy) is 3. The average molecular weight is 514 g/mol. The van der Waals surface area contributed by atoms with E-state index in [-0.39, 0.29) is 39.4 Å². The lowest BCUT2D eigenvalue weighted by Gasteiger charge is -2.12. The number of hydrogen-bond donors (Lipinski definition) is 1. The van der Waals surface area contributed by atoms with E-state index >= 15 is 0 Å². The number of methoxy groups -OCH3 is 2. The average Bonchev–Trinajstić information content (AvgIpc) is 3.28. The van der Waals surface area contributed by atoms with E-state index in [1.54, 1.807) is 54.8 Å². The first-order valence-electron chi connectivity index (χ1n) is 10.4. The molecule has 0 aliphatic carbocycles. The predicted molar refractivity (Wildman–Crippen MR) is 134 cm³/mol. The van der Waals surface area contributed by atoms with Gasteiger partial charge in [0, 0.05) is 15.8 Å². The predicted octanol–water partition coefficient (Wildman–Crippen LogP) is 4.55. The summed E-state index contributed by atoms with van der Waals surface area (Å²) in [6.45, 7) is 1.80. The van der Waals surface area contributed by atoms with Crippen LogP contribution in [0, 0.1) is 0 Å². The molecule has 0 aliphatic rings. The van der Waals surface area contributed by atoms with Crippen molar-refractivity contribution in [2.75, 3.05) is 26.1 Å². The topological polar surface area (TPSA) is 109 Å². The van der Waals surface area contributed by atoms with Gasteiger partial charge in [-0.1, -0.05) is 17.7 Å². The van der Waals surface area contributed by atoms with Crippen molar-refractivity contribution in [2.24, 2.45) is 0 Å². The van der Waals surface area contributed by atoms with Crippen molar-refractivity contribution >= 4 is 50.6 Å². The number of amides is 1. The molecule has 0 unspecified atom stereocenters. The van der Waals surface area contributed by atoms with Crippen LogP contribution in [0.5, 0.6) is 11.5 Å². The summed E-state index contributed by atoms with van der Waals surface area (Å²) in [5.74, 6) is -0.572. The zero-order chi connectivity index (χ0) is 25.1. The summed E-state index contributed by atoms with van der Waals surface area (Å²) < 4.78 is 16.9. The number of benzene rings is 2. The van der Waals surface area contributed by atoms with Crippen LogP contribution < -0.4 is 20.3 Å². The number of thiophene rings is 1. The monoisotopic (exact) mass is 513 g/mol.